The summed E-state index contributed by atoms with van der Waals surface area (Å²) in [6, 6.07) is 25.7. The van der Waals surface area contributed by atoms with Crippen LogP contribution in [0.2, 0.25) is 0 Å². The number of carbonyl (C=O) groups excluding carboxylic acids is 2. The minimum Gasteiger partial charge on any atom is -0.479 e. The monoisotopic (exact) mass is 552 g/mol. The molecule has 11 nitrogen and oxygen atoms in total. The molecule has 1 unspecified atom stereocenters. The Hall–Kier alpha value is -5.03. The van der Waals surface area contributed by atoms with Gasteiger partial charge in [0.1, 0.15) is 6.61 Å². The highest BCUT2D eigenvalue weighted by atomic mass is 16.5. The second kappa shape index (κ2) is 10.9. The number of hydrogen-bond acceptors (Lipinski definition) is 7. The van der Waals surface area contributed by atoms with Gasteiger partial charge in [-0.15, -0.1) is 5.10 Å². The third-order valence-electron chi connectivity index (χ3n) is 7.62. The van der Waals surface area contributed by atoms with E-state index in [0.717, 1.165) is 27.8 Å². The molecule has 1 fully saturated rings. The number of nitrogens with zero attached hydrogens (tertiary/aromatic N) is 3. The first-order valence-electron chi connectivity index (χ1n) is 13.3. The molecule has 4 N–H and O–H groups in total. The van der Waals surface area contributed by atoms with Crippen molar-refractivity contribution in [2.24, 2.45) is 0 Å². The number of aromatic nitrogens is 3. The van der Waals surface area contributed by atoms with Gasteiger partial charge in [-0.2, -0.15) is 4.98 Å². The number of H-pyrrole nitrogens is 1. The van der Waals surface area contributed by atoms with Gasteiger partial charge in [-0.3, -0.25) is 20.1 Å². The van der Waals surface area contributed by atoms with Gasteiger partial charge in [0.15, 0.2) is 5.54 Å². The van der Waals surface area contributed by atoms with E-state index in [1.807, 2.05) is 71.6 Å². The summed E-state index contributed by atoms with van der Waals surface area (Å²) in [5, 5.41) is 21.4. The average molecular weight is 553 g/mol. The molecule has 0 radical (unpaired) electrons. The lowest BCUT2D eigenvalue weighted by Crippen LogP contribution is -2.56. The third-order valence-corrected chi connectivity index (χ3v) is 7.62. The van der Waals surface area contributed by atoms with Gasteiger partial charge in [-0.25, -0.2) is 9.59 Å². The van der Waals surface area contributed by atoms with Gasteiger partial charge >= 0.3 is 12.1 Å². The van der Waals surface area contributed by atoms with Gasteiger partial charge < -0.3 is 15.2 Å². The lowest BCUT2D eigenvalue weighted by molar-refractivity contribution is -0.144. The molecule has 0 saturated carbocycles. The largest absolute Gasteiger partial charge is 0.479 e. The van der Waals surface area contributed by atoms with Crippen LogP contribution in [-0.2, 0) is 16.1 Å². The normalized spacial score (nSPS) is 18.0. The molecule has 0 bridgehead atoms. The summed E-state index contributed by atoms with van der Waals surface area (Å²) in [5.74, 6) is -2.35. The van der Waals surface area contributed by atoms with Crippen molar-refractivity contribution >= 4 is 23.9 Å². The standard InChI is InChI=1S/C30H28N6O5/c37-26(33-30(27(38)39)14-15-36(18-30)16-19-8-2-1-3-9-19)25-31-28(35-34-25)32-29(40)41-17-24-22-12-6-4-10-20(22)21-11-5-7-13-23(21)24/h1-13,24H,14-18H2,(H,33,37)(H,38,39)(H2,31,32,34,35,40). The molecule has 2 heterocycles. The van der Waals surface area contributed by atoms with Crippen molar-refractivity contribution in [3.05, 3.63) is 101 Å². The molecule has 1 aliphatic carbocycles. The van der Waals surface area contributed by atoms with Crippen molar-refractivity contribution in [3.8, 4) is 11.1 Å². The summed E-state index contributed by atoms with van der Waals surface area (Å²) in [7, 11) is 0. The molecular weight excluding hydrogens is 524 g/mol. The highest BCUT2D eigenvalue weighted by Gasteiger charge is 2.46. The van der Waals surface area contributed by atoms with Gasteiger partial charge in [0, 0.05) is 25.6 Å². The zero-order valence-corrected chi connectivity index (χ0v) is 22.0. The summed E-state index contributed by atoms with van der Waals surface area (Å²) in [4.78, 5) is 43.7. The Labute approximate surface area is 235 Å². The number of amides is 2. The van der Waals surface area contributed by atoms with Crippen LogP contribution < -0.4 is 10.6 Å². The number of carboxylic acids is 1. The number of carbonyl (C=O) groups is 3. The van der Waals surface area contributed by atoms with Crippen LogP contribution in [0.25, 0.3) is 11.1 Å². The number of aliphatic carboxylic acids is 1. The molecule has 2 aliphatic rings. The number of carboxylic acid groups (broad SMARTS) is 1. The molecule has 0 spiro atoms. The van der Waals surface area contributed by atoms with Crippen LogP contribution in [-0.4, -0.2) is 68.4 Å². The Bertz CT molecular complexity index is 1560. The van der Waals surface area contributed by atoms with Gasteiger partial charge in [0.2, 0.25) is 5.82 Å². The van der Waals surface area contributed by atoms with Gasteiger partial charge in [0.05, 0.1) is 0 Å². The Morgan fingerprint density at radius 1 is 0.976 bits per heavy atom. The van der Waals surface area contributed by atoms with Gasteiger partial charge in [-0.1, -0.05) is 78.9 Å². The van der Waals surface area contributed by atoms with E-state index in [9.17, 15) is 19.5 Å². The lowest BCUT2D eigenvalue weighted by atomic mass is 9.98. The third kappa shape index (κ3) is 5.27. The SMILES string of the molecule is O=C(Nc1n[nH]c(C(=O)NC2(C(=O)O)CCN(Cc3ccccc3)C2)n1)OCC1c2ccccc2-c2ccccc21. The van der Waals surface area contributed by atoms with Crippen LogP contribution in [0.4, 0.5) is 10.7 Å². The van der Waals surface area contributed by atoms with E-state index in [-0.39, 0.29) is 37.3 Å². The molecule has 1 atom stereocenters. The Morgan fingerprint density at radius 3 is 2.32 bits per heavy atom. The summed E-state index contributed by atoms with van der Waals surface area (Å²) < 4.78 is 5.50. The van der Waals surface area contributed by atoms with Crippen LogP contribution >= 0.6 is 0 Å². The summed E-state index contributed by atoms with van der Waals surface area (Å²) >= 11 is 0. The van der Waals surface area contributed by atoms with Gasteiger partial charge in [0.25, 0.3) is 11.9 Å². The highest BCUT2D eigenvalue weighted by molar-refractivity contribution is 5.96. The van der Waals surface area contributed by atoms with Crippen LogP contribution in [0.3, 0.4) is 0 Å². The predicted molar refractivity (Wildman–Crippen MR) is 149 cm³/mol. The average Bonchev–Trinajstić information content (AvgIpc) is 3.69. The molecule has 4 aromatic rings. The molecule has 3 aromatic carbocycles. The maximum atomic E-state index is 12.9. The first kappa shape index (κ1) is 26.2. The maximum Gasteiger partial charge on any atom is 0.414 e. The Kier molecular flexibility index (Phi) is 6.94. The number of aromatic amines is 1. The number of anilines is 1. The minimum absolute atomic E-state index is 0.109. The summed E-state index contributed by atoms with van der Waals surface area (Å²) in [6.07, 6.45) is -0.535. The molecule has 1 saturated heterocycles. The fourth-order valence-electron chi connectivity index (χ4n) is 5.62. The Balaban J connectivity index is 1.06. The molecule has 208 valence electrons. The quantitative estimate of drug-likeness (QED) is 0.259. The minimum atomic E-state index is -1.47. The molecule has 2 amide bonds. The second-order valence-electron chi connectivity index (χ2n) is 10.2. The van der Waals surface area contributed by atoms with Crippen LogP contribution in [0.1, 0.15) is 39.6 Å². The molecule has 41 heavy (non-hydrogen) atoms. The van der Waals surface area contributed by atoms with Crippen LogP contribution in [0.5, 0.6) is 0 Å². The zero-order valence-electron chi connectivity index (χ0n) is 22.0. The van der Waals surface area contributed by atoms with Crippen LogP contribution in [0.15, 0.2) is 78.9 Å². The van der Waals surface area contributed by atoms with E-state index in [1.165, 1.54) is 0 Å². The van der Waals surface area contributed by atoms with Gasteiger partial charge in [-0.05, 0) is 34.2 Å². The first-order chi connectivity index (χ1) is 19.9. The van der Waals surface area contributed by atoms with Crippen molar-refractivity contribution in [2.45, 2.75) is 24.4 Å². The summed E-state index contributed by atoms with van der Waals surface area (Å²) in [6.45, 7) is 1.33. The molecule has 11 heteroatoms. The maximum absolute atomic E-state index is 12.9. The molecule has 6 rings (SSSR count). The van der Waals surface area contributed by atoms with Crippen LogP contribution in [0, 0.1) is 0 Å². The van der Waals surface area contributed by atoms with Crippen molar-refractivity contribution in [1.29, 1.82) is 0 Å². The smallest absolute Gasteiger partial charge is 0.414 e. The first-order valence-corrected chi connectivity index (χ1v) is 13.3. The number of fused-ring (bicyclic) bond motifs is 3. The highest BCUT2D eigenvalue weighted by Crippen LogP contribution is 2.44. The van der Waals surface area contributed by atoms with E-state index in [2.05, 4.69) is 37.9 Å². The number of nitrogens with one attached hydrogen (secondary N) is 3. The van der Waals surface area contributed by atoms with E-state index in [4.69, 9.17) is 4.74 Å². The summed E-state index contributed by atoms with van der Waals surface area (Å²) in [5.41, 5.74) is 3.98. The van der Waals surface area contributed by atoms with Crippen molar-refractivity contribution in [3.63, 3.8) is 0 Å². The molecule has 1 aromatic heterocycles. The topological polar surface area (TPSA) is 150 Å². The van der Waals surface area contributed by atoms with E-state index < -0.39 is 23.5 Å². The van der Waals surface area contributed by atoms with E-state index in [1.54, 1.807) is 0 Å². The lowest BCUT2D eigenvalue weighted by Gasteiger charge is -2.25. The van der Waals surface area contributed by atoms with E-state index >= 15 is 0 Å². The number of rotatable bonds is 8. The van der Waals surface area contributed by atoms with Crippen molar-refractivity contribution in [1.82, 2.24) is 25.4 Å². The fourth-order valence-corrected chi connectivity index (χ4v) is 5.62. The zero-order chi connectivity index (χ0) is 28.4. The number of likely N-dealkylation sites (tertiary alicyclic amines) is 1. The second-order valence-corrected chi connectivity index (χ2v) is 10.2. The number of ether oxygens (including phenoxy) is 1. The Morgan fingerprint density at radius 2 is 1.63 bits per heavy atom. The van der Waals surface area contributed by atoms with Crippen molar-refractivity contribution < 1.29 is 24.2 Å². The molecule has 1 aliphatic heterocycles. The number of benzene rings is 3. The van der Waals surface area contributed by atoms with E-state index in [0.29, 0.717) is 13.1 Å². The number of hydrogen-bond donors (Lipinski definition) is 4. The molecular formula is C30H28N6O5. The fraction of sp³-hybridized carbons (Fsp3) is 0.233. The van der Waals surface area contributed by atoms with Crippen molar-refractivity contribution in [2.75, 3.05) is 25.0 Å². The predicted octanol–water partition coefficient (Wildman–Crippen LogP) is 3.62.